The Kier molecular flexibility index (Phi) is 7.13. The number of carbonyl (C=O) groups excluding carboxylic acids is 2. The van der Waals surface area contributed by atoms with E-state index in [-0.39, 0.29) is 23.3 Å². The maximum Gasteiger partial charge on any atom is 0.319 e. The fourth-order valence-electron chi connectivity index (χ4n) is 2.46. The Morgan fingerprint density at radius 3 is 2.14 bits per heavy atom. The van der Waals surface area contributed by atoms with Crippen LogP contribution in [0.1, 0.15) is 19.4 Å². The van der Waals surface area contributed by atoms with Crippen LogP contribution in [0.25, 0.3) is 0 Å². The fraction of sp³-hybridized carbons (Fsp3) is 0.263. The standard InChI is InChI=1S/C19H24N4O4S/c1-13(2)17(23-19(25)22-15-6-4-3-5-7-15)18(24)21-12-14-8-10-16(11-9-14)28(20,26)27/h3-11,13,17H,12H2,1-2H3,(H,21,24)(H2,20,26,27)(H2,22,23,25)/t17-/m0/s1. The Hall–Kier alpha value is -2.91. The largest absolute Gasteiger partial charge is 0.350 e. The van der Waals surface area contributed by atoms with Crippen molar-refractivity contribution in [3.63, 3.8) is 0 Å². The highest BCUT2D eigenvalue weighted by atomic mass is 32.2. The van der Waals surface area contributed by atoms with Gasteiger partial charge in [-0.2, -0.15) is 0 Å². The Morgan fingerprint density at radius 1 is 1.00 bits per heavy atom. The molecule has 150 valence electrons. The number of primary sulfonamides is 1. The molecule has 28 heavy (non-hydrogen) atoms. The predicted octanol–water partition coefficient (Wildman–Crippen LogP) is 1.80. The molecule has 0 fully saturated rings. The lowest BCUT2D eigenvalue weighted by Crippen LogP contribution is -2.50. The number of benzene rings is 2. The van der Waals surface area contributed by atoms with E-state index in [1.807, 2.05) is 19.9 Å². The first-order valence-electron chi connectivity index (χ1n) is 8.69. The summed E-state index contributed by atoms with van der Waals surface area (Å²) in [5.41, 5.74) is 1.33. The van der Waals surface area contributed by atoms with Crippen molar-refractivity contribution in [3.05, 3.63) is 60.2 Å². The van der Waals surface area contributed by atoms with E-state index in [2.05, 4.69) is 16.0 Å². The average molecular weight is 404 g/mol. The summed E-state index contributed by atoms with van der Waals surface area (Å²) in [5.74, 6) is -0.472. The summed E-state index contributed by atoms with van der Waals surface area (Å²) >= 11 is 0. The van der Waals surface area contributed by atoms with Crippen LogP contribution in [0, 0.1) is 5.92 Å². The molecule has 0 aliphatic rings. The van der Waals surface area contributed by atoms with Gasteiger partial charge in [-0.1, -0.05) is 44.2 Å². The summed E-state index contributed by atoms with van der Waals surface area (Å²) in [6.07, 6.45) is 0. The molecule has 3 amide bonds. The van der Waals surface area contributed by atoms with E-state index < -0.39 is 22.1 Å². The van der Waals surface area contributed by atoms with Gasteiger partial charge in [-0.25, -0.2) is 18.4 Å². The molecule has 0 radical (unpaired) electrons. The van der Waals surface area contributed by atoms with Crippen LogP contribution < -0.4 is 21.1 Å². The third-order valence-electron chi connectivity index (χ3n) is 3.99. The van der Waals surface area contributed by atoms with Gasteiger partial charge in [-0.05, 0) is 35.7 Å². The molecule has 2 aromatic carbocycles. The number of nitrogens with one attached hydrogen (secondary N) is 3. The summed E-state index contributed by atoms with van der Waals surface area (Å²) < 4.78 is 22.5. The Morgan fingerprint density at radius 2 is 1.61 bits per heavy atom. The van der Waals surface area contributed by atoms with Crippen molar-refractivity contribution in [1.29, 1.82) is 0 Å². The summed E-state index contributed by atoms with van der Waals surface area (Å²) in [6, 6.07) is 13.6. The van der Waals surface area contributed by atoms with E-state index in [0.29, 0.717) is 11.3 Å². The second-order valence-corrected chi connectivity index (χ2v) is 8.15. The smallest absolute Gasteiger partial charge is 0.319 e. The third-order valence-corrected chi connectivity index (χ3v) is 4.92. The number of urea groups is 1. The molecule has 0 aliphatic heterocycles. The lowest BCUT2D eigenvalue weighted by molar-refractivity contribution is -0.124. The molecule has 5 N–H and O–H groups in total. The number of hydrogen-bond donors (Lipinski definition) is 4. The summed E-state index contributed by atoms with van der Waals surface area (Å²) in [7, 11) is -3.76. The van der Waals surface area contributed by atoms with Crippen molar-refractivity contribution in [1.82, 2.24) is 10.6 Å². The Labute approximate surface area is 164 Å². The van der Waals surface area contributed by atoms with Crippen LogP contribution in [0.4, 0.5) is 10.5 Å². The number of carbonyl (C=O) groups is 2. The summed E-state index contributed by atoms with van der Waals surface area (Å²) in [4.78, 5) is 24.7. The maximum atomic E-state index is 12.5. The van der Waals surface area contributed by atoms with Crippen molar-refractivity contribution < 1.29 is 18.0 Å². The molecular weight excluding hydrogens is 380 g/mol. The summed E-state index contributed by atoms with van der Waals surface area (Å²) in [6.45, 7) is 3.84. The second-order valence-electron chi connectivity index (χ2n) is 6.59. The molecule has 0 heterocycles. The highest BCUT2D eigenvalue weighted by Crippen LogP contribution is 2.10. The Bertz CT molecular complexity index is 913. The summed E-state index contributed by atoms with van der Waals surface area (Å²) in [5, 5.41) is 13.2. The van der Waals surface area contributed by atoms with Gasteiger partial charge in [-0.15, -0.1) is 0 Å². The molecule has 1 atom stereocenters. The highest BCUT2D eigenvalue weighted by Gasteiger charge is 2.24. The van der Waals surface area contributed by atoms with Gasteiger partial charge in [0.25, 0.3) is 0 Å². The number of anilines is 1. The molecule has 8 nitrogen and oxygen atoms in total. The molecule has 9 heteroatoms. The average Bonchev–Trinajstić information content (AvgIpc) is 2.64. The molecule has 0 aromatic heterocycles. The van der Waals surface area contributed by atoms with Crippen LogP contribution in [0.15, 0.2) is 59.5 Å². The molecule has 2 aromatic rings. The van der Waals surface area contributed by atoms with E-state index in [1.54, 1.807) is 36.4 Å². The zero-order valence-electron chi connectivity index (χ0n) is 15.7. The van der Waals surface area contributed by atoms with Gasteiger partial charge < -0.3 is 16.0 Å². The minimum atomic E-state index is -3.76. The maximum absolute atomic E-state index is 12.5. The number of nitrogens with two attached hydrogens (primary N) is 1. The number of rotatable bonds is 7. The van der Waals surface area contributed by atoms with E-state index in [4.69, 9.17) is 5.14 Å². The zero-order valence-corrected chi connectivity index (χ0v) is 16.5. The van der Waals surface area contributed by atoms with Crippen LogP contribution >= 0.6 is 0 Å². The lowest BCUT2D eigenvalue weighted by atomic mass is 10.0. The van der Waals surface area contributed by atoms with Gasteiger partial charge in [0.2, 0.25) is 15.9 Å². The van der Waals surface area contributed by atoms with Crippen molar-refractivity contribution in [2.24, 2.45) is 11.1 Å². The van der Waals surface area contributed by atoms with E-state index in [9.17, 15) is 18.0 Å². The molecule has 0 unspecified atom stereocenters. The zero-order chi connectivity index (χ0) is 20.7. The highest BCUT2D eigenvalue weighted by molar-refractivity contribution is 7.89. The van der Waals surface area contributed by atoms with Crippen molar-refractivity contribution >= 4 is 27.6 Å². The monoisotopic (exact) mass is 404 g/mol. The van der Waals surface area contributed by atoms with Crippen LogP contribution in [-0.2, 0) is 21.4 Å². The lowest BCUT2D eigenvalue weighted by Gasteiger charge is -2.22. The number of para-hydroxylation sites is 1. The minimum Gasteiger partial charge on any atom is -0.350 e. The SMILES string of the molecule is CC(C)[C@H](NC(=O)Nc1ccccc1)C(=O)NCc1ccc(S(N)(=O)=O)cc1. The van der Waals surface area contributed by atoms with Crippen molar-refractivity contribution in [3.8, 4) is 0 Å². The number of amides is 3. The van der Waals surface area contributed by atoms with E-state index >= 15 is 0 Å². The fourth-order valence-corrected chi connectivity index (χ4v) is 2.98. The molecular formula is C19H24N4O4S. The predicted molar refractivity (Wildman–Crippen MR) is 107 cm³/mol. The molecule has 0 spiro atoms. The van der Waals surface area contributed by atoms with Gasteiger partial charge in [0.1, 0.15) is 6.04 Å². The second kappa shape index (κ2) is 9.34. The molecule has 0 bridgehead atoms. The molecule has 0 aliphatic carbocycles. The topological polar surface area (TPSA) is 130 Å². The number of hydrogen-bond acceptors (Lipinski definition) is 4. The van der Waals surface area contributed by atoms with E-state index in [0.717, 1.165) is 0 Å². The van der Waals surface area contributed by atoms with Gasteiger partial charge in [0.15, 0.2) is 0 Å². The van der Waals surface area contributed by atoms with Crippen LogP contribution in [0.3, 0.4) is 0 Å². The van der Waals surface area contributed by atoms with E-state index in [1.165, 1.54) is 12.1 Å². The molecule has 0 saturated carbocycles. The molecule has 0 saturated heterocycles. The first-order chi connectivity index (χ1) is 13.2. The van der Waals surface area contributed by atoms with Gasteiger partial charge in [0, 0.05) is 12.2 Å². The first kappa shape index (κ1) is 21.4. The van der Waals surface area contributed by atoms with Crippen molar-refractivity contribution in [2.75, 3.05) is 5.32 Å². The Balaban J connectivity index is 1.94. The number of sulfonamides is 1. The molecule has 2 rings (SSSR count). The van der Waals surface area contributed by atoms with Crippen LogP contribution in [0.5, 0.6) is 0 Å². The normalized spacial score (nSPS) is 12.3. The van der Waals surface area contributed by atoms with Crippen molar-refractivity contribution in [2.45, 2.75) is 31.3 Å². The van der Waals surface area contributed by atoms with Crippen LogP contribution in [0.2, 0.25) is 0 Å². The van der Waals surface area contributed by atoms with Gasteiger partial charge >= 0.3 is 6.03 Å². The third kappa shape index (κ3) is 6.36. The van der Waals surface area contributed by atoms with Gasteiger partial charge in [-0.3, -0.25) is 4.79 Å². The van der Waals surface area contributed by atoms with Gasteiger partial charge in [0.05, 0.1) is 4.90 Å². The van der Waals surface area contributed by atoms with Crippen LogP contribution in [-0.4, -0.2) is 26.4 Å². The minimum absolute atomic E-state index is 0.00174. The quantitative estimate of drug-likeness (QED) is 0.560. The first-order valence-corrected chi connectivity index (χ1v) is 10.2.